The van der Waals surface area contributed by atoms with Gasteiger partial charge in [-0.3, -0.25) is 10.1 Å². The number of rotatable bonds is 3. The second-order valence-corrected chi connectivity index (χ2v) is 10.3. The minimum atomic E-state index is -0.261. The Hall–Kier alpha value is -0.670. The zero-order valence-corrected chi connectivity index (χ0v) is 16.9. The Morgan fingerprint density at radius 3 is 2.17 bits per heavy atom. The fraction of sp³-hybridized carbons (Fsp3) is 0.800. The van der Waals surface area contributed by atoms with Crippen molar-refractivity contribution in [3.63, 3.8) is 0 Å². The van der Waals surface area contributed by atoms with Crippen LogP contribution < -0.4 is 9.80 Å². The minimum absolute atomic E-state index is 0.189. The van der Waals surface area contributed by atoms with Crippen LogP contribution in [0.5, 0.6) is 0 Å². The van der Waals surface area contributed by atoms with Gasteiger partial charge in [-0.25, -0.2) is 0 Å². The molecule has 0 aliphatic carbocycles. The molecule has 4 atom stereocenters. The number of aromatic nitrogens is 1. The summed E-state index contributed by atoms with van der Waals surface area (Å²) < 4.78 is 0. The summed E-state index contributed by atoms with van der Waals surface area (Å²) >= 11 is 5.12. The third-order valence-corrected chi connectivity index (χ3v) is 8.74. The molecule has 2 aliphatic heterocycles. The van der Waals surface area contributed by atoms with Crippen molar-refractivity contribution in [3.05, 3.63) is 10.1 Å². The van der Waals surface area contributed by atoms with E-state index < -0.39 is 0 Å². The van der Waals surface area contributed by atoms with Gasteiger partial charge in [0.25, 0.3) is 0 Å². The van der Waals surface area contributed by atoms with Gasteiger partial charge >= 0.3 is 5.00 Å². The van der Waals surface area contributed by atoms with Gasteiger partial charge in [0, 0.05) is 47.2 Å². The molecule has 0 aromatic carbocycles. The van der Waals surface area contributed by atoms with E-state index in [1.54, 1.807) is 0 Å². The zero-order valence-electron chi connectivity index (χ0n) is 14.5. The van der Waals surface area contributed by atoms with Crippen LogP contribution in [0.4, 0.5) is 16.0 Å². The third-order valence-electron chi connectivity index (χ3n) is 5.03. The monoisotopic (exact) mass is 388 g/mol. The first-order valence-electron chi connectivity index (χ1n) is 8.32. The normalized spacial score (nSPS) is 31.3. The Morgan fingerprint density at radius 1 is 1.04 bits per heavy atom. The van der Waals surface area contributed by atoms with Crippen molar-refractivity contribution >= 4 is 50.8 Å². The lowest BCUT2D eigenvalue weighted by Gasteiger charge is -2.38. The fourth-order valence-corrected chi connectivity index (χ4v) is 6.36. The molecule has 6 nitrogen and oxygen atoms in total. The first kappa shape index (κ1) is 18.1. The van der Waals surface area contributed by atoms with E-state index in [0.717, 1.165) is 29.7 Å². The number of nitro groups is 1. The van der Waals surface area contributed by atoms with Gasteiger partial charge in [-0.15, -0.1) is 0 Å². The molecule has 134 valence electrons. The highest BCUT2D eigenvalue weighted by atomic mass is 32.2. The molecule has 0 amide bonds. The SMILES string of the molecule is CC1SCCN(c2nc(N3CCSC(C)C3C)c([N+](=O)[O-])s2)C1C. The molecule has 2 saturated heterocycles. The van der Waals surface area contributed by atoms with Crippen molar-refractivity contribution in [2.45, 2.75) is 50.3 Å². The predicted molar refractivity (Wildman–Crippen MR) is 106 cm³/mol. The highest BCUT2D eigenvalue weighted by Crippen LogP contribution is 2.43. The van der Waals surface area contributed by atoms with Gasteiger partial charge in [-0.1, -0.05) is 13.8 Å². The minimum Gasteiger partial charge on any atom is -0.345 e. The topological polar surface area (TPSA) is 62.5 Å². The van der Waals surface area contributed by atoms with Gasteiger partial charge in [-0.2, -0.15) is 28.5 Å². The molecule has 4 unspecified atom stereocenters. The van der Waals surface area contributed by atoms with E-state index in [1.165, 1.54) is 11.3 Å². The van der Waals surface area contributed by atoms with Crippen LogP contribution in [-0.2, 0) is 0 Å². The second-order valence-electron chi connectivity index (χ2n) is 6.40. The van der Waals surface area contributed by atoms with Crippen molar-refractivity contribution in [1.29, 1.82) is 0 Å². The van der Waals surface area contributed by atoms with E-state index in [2.05, 4.69) is 37.5 Å². The van der Waals surface area contributed by atoms with E-state index in [0.29, 0.717) is 22.4 Å². The number of hydrogen-bond acceptors (Lipinski definition) is 8. The van der Waals surface area contributed by atoms with Crippen molar-refractivity contribution < 1.29 is 4.92 Å². The number of thiazole rings is 1. The molecule has 3 heterocycles. The van der Waals surface area contributed by atoms with Crippen LogP contribution in [0.25, 0.3) is 0 Å². The predicted octanol–water partition coefficient (Wildman–Crippen LogP) is 3.71. The molecule has 24 heavy (non-hydrogen) atoms. The van der Waals surface area contributed by atoms with Gasteiger partial charge < -0.3 is 9.80 Å². The largest absolute Gasteiger partial charge is 0.369 e. The van der Waals surface area contributed by atoms with Gasteiger partial charge in [0.1, 0.15) is 0 Å². The molecular weight excluding hydrogens is 364 g/mol. The lowest BCUT2D eigenvalue weighted by atomic mass is 10.2. The molecule has 1 aromatic heterocycles. The Kier molecular flexibility index (Phi) is 5.51. The third kappa shape index (κ3) is 3.35. The Bertz CT molecular complexity index is 612. The van der Waals surface area contributed by atoms with Gasteiger partial charge in [-0.05, 0) is 25.2 Å². The average Bonchev–Trinajstić information content (AvgIpc) is 2.98. The molecule has 9 heteroatoms. The van der Waals surface area contributed by atoms with Crippen LogP contribution in [0.15, 0.2) is 0 Å². The van der Waals surface area contributed by atoms with E-state index in [-0.39, 0.29) is 16.0 Å². The van der Waals surface area contributed by atoms with E-state index >= 15 is 0 Å². The first-order valence-corrected chi connectivity index (χ1v) is 11.2. The molecule has 2 aliphatic rings. The molecule has 1 aromatic rings. The molecule has 0 saturated carbocycles. The fourth-order valence-electron chi connectivity index (χ4n) is 3.16. The number of thioether (sulfide) groups is 2. The molecule has 2 fully saturated rings. The second kappa shape index (κ2) is 7.29. The summed E-state index contributed by atoms with van der Waals surface area (Å²) in [6, 6.07) is 0.598. The summed E-state index contributed by atoms with van der Waals surface area (Å²) in [7, 11) is 0. The van der Waals surface area contributed by atoms with E-state index in [4.69, 9.17) is 4.98 Å². The summed E-state index contributed by atoms with van der Waals surface area (Å²) in [6.45, 7) is 10.5. The van der Waals surface area contributed by atoms with Crippen molar-refractivity contribution in [2.75, 3.05) is 34.4 Å². The van der Waals surface area contributed by atoms with Crippen LogP contribution in [-0.4, -0.2) is 57.1 Å². The molecule has 0 spiro atoms. The lowest BCUT2D eigenvalue weighted by molar-refractivity contribution is -0.379. The molecule has 0 N–H and O–H groups in total. The van der Waals surface area contributed by atoms with Crippen LogP contribution in [0.3, 0.4) is 0 Å². The van der Waals surface area contributed by atoms with Crippen molar-refractivity contribution in [2.24, 2.45) is 0 Å². The number of anilines is 2. The summed E-state index contributed by atoms with van der Waals surface area (Å²) in [5.74, 6) is 2.60. The Labute approximate surface area is 155 Å². The summed E-state index contributed by atoms with van der Waals surface area (Å²) in [5.41, 5.74) is 0. The zero-order chi connectivity index (χ0) is 17.4. The Morgan fingerprint density at radius 2 is 1.58 bits per heavy atom. The maximum Gasteiger partial charge on any atom is 0.369 e. The molecule has 0 bridgehead atoms. The van der Waals surface area contributed by atoms with Crippen LogP contribution >= 0.6 is 34.9 Å². The highest BCUT2D eigenvalue weighted by Gasteiger charge is 2.36. The molecule has 0 radical (unpaired) electrons. The van der Waals surface area contributed by atoms with Crippen LogP contribution in [0.2, 0.25) is 0 Å². The van der Waals surface area contributed by atoms with Crippen molar-refractivity contribution in [3.8, 4) is 0 Å². The highest BCUT2D eigenvalue weighted by molar-refractivity contribution is 8.00. The summed E-state index contributed by atoms with van der Waals surface area (Å²) in [4.78, 5) is 20.5. The smallest absolute Gasteiger partial charge is 0.345 e. The van der Waals surface area contributed by atoms with Gasteiger partial charge in [0.05, 0.1) is 4.92 Å². The number of nitrogens with zero attached hydrogens (tertiary/aromatic N) is 4. The van der Waals surface area contributed by atoms with E-state index in [1.807, 2.05) is 23.5 Å². The van der Waals surface area contributed by atoms with Crippen LogP contribution in [0.1, 0.15) is 27.7 Å². The van der Waals surface area contributed by atoms with Crippen molar-refractivity contribution in [1.82, 2.24) is 4.98 Å². The van der Waals surface area contributed by atoms with Crippen LogP contribution in [0, 0.1) is 10.1 Å². The first-order chi connectivity index (χ1) is 11.4. The van der Waals surface area contributed by atoms with E-state index in [9.17, 15) is 10.1 Å². The van der Waals surface area contributed by atoms with Gasteiger partial charge in [0.2, 0.25) is 5.82 Å². The maximum absolute atomic E-state index is 11.6. The standard InChI is InChI=1S/C15H24N4O2S3/c1-9-11(3)22-7-5-17(9)13-14(19(20)21)24-15(16-13)18-6-8-23-12(4)10(18)2/h9-12H,5-8H2,1-4H3. The average molecular weight is 389 g/mol. The maximum atomic E-state index is 11.6. The quantitative estimate of drug-likeness (QED) is 0.578. The van der Waals surface area contributed by atoms with Gasteiger partial charge in [0.15, 0.2) is 5.13 Å². The molecule has 3 rings (SSSR count). The summed E-state index contributed by atoms with van der Waals surface area (Å²) in [6.07, 6.45) is 0. The number of hydrogen-bond donors (Lipinski definition) is 0. The summed E-state index contributed by atoms with van der Waals surface area (Å²) in [5, 5.41) is 13.6. The lowest BCUT2D eigenvalue weighted by Crippen LogP contribution is -2.46. The Balaban J connectivity index is 1.95. The molecular formula is C15H24N4O2S3.